The summed E-state index contributed by atoms with van der Waals surface area (Å²) in [6, 6.07) is 22.0. The second kappa shape index (κ2) is 11.8. The summed E-state index contributed by atoms with van der Waals surface area (Å²) in [6.07, 6.45) is 0.765. The second-order valence-corrected chi connectivity index (χ2v) is 10.7. The molecule has 3 aromatic carbocycles. The molecule has 0 aliphatic carbocycles. The molecule has 0 saturated carbocycles. The molecule has 8 heteroatoms. The van der Waals surface area contributed by atoms with Gasteiger partial charge in [-0.2, -0.15) is 0 Å². The average Bonchev–Trinajstić information content (AvgIpc) is 3.50. The first-order valence-electron chi connectivity index (χ1n) is 14.1. The molecule has 3 aromatic rings. The van der Waals surface area contributed by atoms with Gasteiger partial charge >= 0.3 is 0 Å². The van der Waals surface area contributed by atoms with E-state index in [0.717, 1.165) is 30.0 Å². The molecule has 3 aliphatic heterocycles. The van der Waals surface area contributed by atoms with Gasteiger partial charge in [-0.05, 0) is 53.9 Å². The number of carbonyl (C=O) groups excluding carboxylic acids is 2. The van der Waals surface area contributed by atoms with E-state index < -0.39 is 17.7 Å². The molecule has 0 unspecified atom stereocenters. The van der Waals surface area contributed by atoms with Crippen molar-refractivity contribution in [2.45, 2.75) is 32.1 Å². The smallest absolute Gasteiger partial charge is 0.295 e. The average molecular weight is 555 g/mol. The van der Waals surface area contributed by atoms with E-state index in [1.807, 2.05) is 73.7 Å². The molecule has 1 amide bonds. The van der Waals surface area contributed by atoms with Crippen LogP contribution in [0.15, 0.2) is 78.4 Å². The third-order valence-corrected chi connectivity index (χ3v) is 7.89. The Hall–Kier alpha value is -4.14. The largest absolute Gasteiger partial charge is 0.507 e. The molecule has 0 spiro atoms. The number of hydrogen-bond donors (Lipinski definition) is 1. The van der Waals surface area contributed by atoms with E-state index in [9.17, 15) is 14.7 Å². The van der Waals surface area contributed by atoms with Crippen LogP contribution in [0.5, 0.6) is 11.5 Å². The first kappa shape index (κ1) is 27.1. The molecular formula is C33H34N2O6. The molecule has 2 atom stereocenters. The minimum atomic E-state index is -0.750. The van der Waals surface area contributed by atoms with Gasteiger partial charge < -0.3 is 24.2 Å². The number of hydrogen-bond acceptors (Lipinski definition) is 7. The minimum absolute atomic E-state index is 0.0480. The van der Waals surface area contributed by atoms with Gasteiger partial charge in [-0.3, -0.25) is 14.5 Å². The molecule has 1 N–H and O–H groups in total. The van der Waals surface area contributed by atoms with Crippen LogP contribution in [0.25, 0.3) is 5.76 Å². The van der Waals surface area contributed by atoms with Gasteiger partial charge in [0.15, 0.2) is 0 Å². The van der Waals surface area contributed by atoms with Gasteiger partial charge in [0.25, 0.3) is 11.7 Å². The lowest BCUT2D eigenvalue weighted by atomic mass is 9.94. The van der Waals surface area contributed by atoms with Crippen molar-refractivity contribution >= 4 is 17.4 Å². The van der Waals surface area contributed by atoms with Crippen LogP contribution in [0.3, 0.4) is 0 Å². The van der Waals surface area contributed by atoms with Gasteiger partial charge in [0.1, 0.15) is 30.0 Å². The number of amides is 1. The number of rotatable bonds is 8. The topological polar surface area (TPSA) is 88.5 Å². The third kappa shape index (κ3) is 5.71. The molecule has 212 valence electrons. The maximum absolute atomic E-state index is 13.5. The van der Waals surface area contributed by atoms with E-state index in [2.05, 4.69) is 4.90 Å². The molecule has 0 bridgehead atoms. The van der Waals surface area contributed by atoms with E-state index in [1.165, 1.54) is 0 Å². The number of ether oxygens (including phenoxy) is 3. The number of likely N-dealkylation sites (tertiary alicyclic amines) is 1. The Balaban J connectivity index is 1.35. The van der Waals surface area contributed by atoms with Crippen LogP contribution in [0.4, 0.5) is 0 Å². The van der Waals surface area contributed by atoms with Crippen molar-refractivity contribution in [1.29, 1.82) is 0 Å². The van der Waals surface area contributed by atoms with Crippen molar-refractivity contribution in [2.24, 2.45) is 0 Å². The van der Waals surface area contributed by atoms with Crippen molar-refractivity contribution in [3.05, 3.63) is 101 Å². The van der Waals surface area contributed by atoms with Gasteiger partial charge in [-0.1, -0.05) is 42.5 Å². The van der Waals surface area contributed by atoms with Crippen LogP contribution in [0, 0.1) is 0 Å². The lowest BCUT2D eigenvalue weighted by molar-refractivity contribution is -0.140. The molecule has 2 fully saturated rings. The van der Waals surface area contributed by atoms with Crippen molar-refractivity contribution in [1.82, 2.24) is 9.80 Å². The van der Waals surface area contributed by atoms with Crippen molar-refractivity contribution in [3.63, 3.8) is 0 Å². The highest BCUT2D eigenvalue weighted by molar-refractivity contribution is 6.46. The highest BCUT2D eigenvalue weighted by Crippen LogP contribution is 2.41. The van der Waals surface area contributed by atoms with Crippen LogP contribution in [0.1, 0.15) is 35.2 Å². The van der Waals surface area contributed by atoms with E-state index in [1.54, 1.807) is 11.0 Å². The second-order valence-electron chi connectivity index (χ2n) is 10.7. The highest BCUT2D eigenvalue weighted by Gasteiger charge is 2.46. The summed E-state index contributed by atoms with van der Waals surface area (Å²) < 4.78 is 17.4. The maximum atomic E-state index is 13.5. The Kier molecular flexibility index (Phi) is 7.76. The zero-order chi connectivity index (χ0) is 28.3. The lowest BCUT2D eigenvalue weighted by Gasteiger charge is -2.31. The maximum Gasteiger partial charge on any atom is 0.295 e. The Morgan fingerprint density at radius 3 is 2.59 bits per heavy atom. The Bertz CT molecular complexity index is 1460. The van der Waals surface area contributed by atoms with E-state index in [4.69, 9.17) is 14.2 Å². The number of aliphatic hydroxyl groups excluding tert-OH is 1. The fourth-order valence-electron chi connectivity index (χ4n) is 5.77. The van der Waals surface area contributed by atoms with Crippen LogP contribution >= 0.6 is 0 Å². The first-order chi connectivity index (χ1) is 20.0. The quantitative estimate of drug-likeness (QED) is 0.252. The molecule has 41 heavy (non-hydrogen) atoms. The first-order valence-corrected chi connectivity index (χ1v) is 14.1. The normalized spacial score (nSPS) is 22.0. The number of Topliss-reactive ketones (excluding diaryl/α,β-unsaturated/α-hetero) is 1. The Morgan fingerprint density at radius 1 is 0.976 bits per heavy atom. The zero-order valence-electron chi connectivity index (χ0n) is 23.1. The van der Waals surface area contributed by atoms with E-state index >= 15 is 0 Å². The number of ketones is 1. The fourth-order valence-corrected chi connectivity index (χ4v) is 5.77. The molecule has 2 saturated heterocycles. The summed E-state index contributed by atoms with van der Waals surface area (Å²) in [6.45, 7) is 6.15. The Labute approximate surface area is 239 Å². The number of aliphatic hydroxyl groups is 1. The molecule has 8 nitrogen and oxygen atoms in total. The van der Waals surface area contributed by atoms with Gasteiger partial charge in [0.05, 0.1) is 24.8 Å². The number of nitrogens with zero attached hydrogens (tertiary/aromatic N) is 2. The Morgan fingerprint density at radius 2 is 1.78 bits per heavy atom. The molecule has 6 rings (SSSR count). The molecule has 0 aromatic heterocycles. The van der Waals surface area contributed by atoms with Gasteiger partial charge in [-0.25, -0.2) is 0 Å². The lowest BCUT2D eigenvalue weighted by Crippen LogP contribution is -2.42. The predicted octanol–water partition coefficient (Wildman–Crippen LogP) is 4.34. The molecule has 0 radical (unpaired) electrons. The SMILES string of the molecule is C[C@H]1Cc2cc(C(O)=C3C(=O)C(=O)N(CCN4CCOCC4)[C@@H]3c3cccc(OCc4ccccc4)c3)ccc2O1. The monoisotopic (exact) mass is 554 g/mol. The predicted molar refractivity (Wildman–Crippen MR) is 154 cm³/mol. The van der Waals surface area contributed by atoms with Crippen LogP contribution in [-0.4, -0.2) is 72.1 Å². The van der Waals surface area contributed by atoms with E-state index in [-0.39, 0.29) is 17.4 Å². The van der Waals surface area contributed by atoms with Gasteiger partial charge in [-0.15, -0.1) is 0 Å². The summed E-state index contributed by atoms with van der Waals surface area (Å²) in [5, 5.41) is 11.6. The molecule has 3 aliphatic rings. The fraction of sp³-hybridized carbons (Fsp3) is 0.333. The van der Waals surface area contributed by atoms with E-state index in [0.29, 0.717) is 56.2 Å². The van der Waals surface area contributed by atoms with Crippen molar-refractivity contribution in [2.75, 3.05) is 39.4 Å². The summed E-state index contributed by atoms with van der Waals surface area (Å²) in [5.41, 5.74) is 3.29. The highest BCUT2D eigenvalue weighted by atomic mass is 16.5. The van der Waals surface area contributed by atoms with Crippen molar-refractivity contribution < 1.29 is 28.9 Å². The number of benzene rings is 3. The molecule has 3 heterocycles. The van der Waals surface area contributed by atoms with Crippen molar-refractivity contribution in [3.8, 4) is 11.5 Å². The van der Waals surface area contributed by atoms with Gasteiger partial charge in [0, 0.05) is 38.2 Å². The summed E-state index contributed by atoms with van der Waals surface area (Å²) in [4.78, 5) is 30.8. The third-order valence-electron chi connectivity index (χ3n) is 7.89. The standard InChI is InChI=1S/C33H34N2O6/c1-22-18-26-19-25(10-11-28(26)41-22)31(36)29-30(35(33(38)32(29)37)13-12-34-14-16-39-17-15-34)24-8-5-9-27(20-24)40-21-23-6-3-2-4-7-23/h2-11,19-20,22,30,36H,12-18,21H2,1H3/t22-,30+/m0/s1. The van der Waals surface area contributed by atoms with Gasteiger partial charge in [0.2, 0.25) is 0 Å². The summed E-state index contributed by atoms with van der Waals surface area (Å²) in [5.74, 6) is -0.0810. The minimum Gasteiger partial charge on any atom is -0.507 e. The number of fused-ring (bicyclic) bond motifs is 1. The summed E-state index contributed by atoms with van der Waals surface area (Å²) in [7, 11) is 0. The van der Waals surface area contributed by atoms with Crippen LogP contribution in [0.2, 0.25) is 0 Å². The molecular weight excluding hydrogens is 520 g/mol. The number of carbonyl (C=O) groups is 2. The zero-order valence-corrected chi connectivity index (χ0v) is 23.1. The number of morpholine rings is 1. The van der Waals surface area contributed by atoms with Crippen LogP contribution < -0.4 is 9.47 Å². The van der Waals surface area contributed by atoms with Crippen LogP contribution in [-0.2, 0) is 27.4 Å². The summed E-state index contributed by atoms with van der Waals surface area (Å²) >= 11 is 0.